The smallest absolute Gasteiger partial charge is 0.230 e. The average molecular weight is 440 g/mol. The quantitative estimate of drug-likeness (QED) is 0.569. The molecule has 1 fully saturated rings. The lowest BCUT2D eigenvalue weighted by molar-refractivity contribution is -0.130. The number of nitrogens with zero attached hydrogens (tertiary/aromatic N) is 4. The van der Waals surface area contributed by atoms with Crippen molar-refractivity contribution in [3.63, 3.8) is 0 Å². The molecule has 8 nitrogen and oxygen atoms in total. The van der Waals surface area contributed by atoms with Gasteiger partial charge in [0.05, 0.1) is 18.6 Å². The molecule has 2 aromatic heterocycles. The maximum Gasteiger partial charge on any atom is 0.230 e. The maximum atomic E-state index is 12.5. The van der Waals surface area contributed by atoms with E-state index in [1.165, 1.54) is 11.8 Å². The van der Waals surface area contributed by atoms with Gasteiger partial charge in [-0.25, -0.2) is 0 Å². The van der Waals surface area contributed by atoms with E-state index < -0.39 is 0 Å². The molecular formula is C22H25N5O3S. The third-order valence-corrected chi connectivity index (χ3v) is 6.25. The van der Waals surface area contributed by atoms with Crippen molar-refractivity contribution in [1.82, 2.24) is 25.0 Å². The summed E-state index contributed by atoms with van der Waals surface area (Å²) in [6, 6.07) is 13.8. The summed E-state index contributed by atoms with van der Waals surface area (Å²) in [5.74, 6) is 1.56. The monoisotopic (exact) mass is 439 g/mol. The summed E-state index contributed by atoms with van der Waals surface area (Å²) in [4.78, 5) is 25.8. The Morgan fingerprint density at radius 2 is 1.90 bits per heavy atom. The van der Waals surface area contributed by atoms with Gasteiger partial charge >= 0.3 is 0 Å². The molecule has 31 heavy (non-hydrogen) atoms. The number of aromatic nitrogens is 3. The number of carbonyl (C=O) groups excluding carboxylic acids is 2. The van der Waals surface area contributed by atoms with Gasteiger partial charge in [0.15, 0.2) is 10.9 Å². The Morgan fingerprint density at radius 3 is 2.58 bits per heavy atom. The maximum absolute atomic E-state index is 12.5. The van der Waals surface area contributed by atoms with Crippen LogP contribution < -0.4 is 5.32 Å². The Morgan fingerprint density at radius 1 is 1.13 bits per heavy atom. The molecule has 0 unspecified atom stereocenters. The SMILES string of the molecule is CC(=O)N1CCC(NC(=O)CSc2nnc(-c3ccco3)n2Cc2ccccc2)CC1. The highest BCUT2D eigenvalue weighted by Gasteiger charge is 2.23. The molecule has 1 aliphatic heterocycles. The fourth-order valence-electron chi connectivity index (χ4n) is 3.63. The van der Waals surface area contributed by atoms with Crippen LogP contribution in [0, 0.1) is 0 Å². The van der Waals surface area contributed by atoms with Crippen LogP contribution in [0.15, 0.2) is 58.3 Å². The molecule has 0 spiro atoms. The van der Waals surface area contributed by atoms with Crippen molar-refractivity contribution in [3.05, 3.63) is 54.3 Å². The van der Waals surface area contributed by atoms with Gasteiger partial charge in [-0.15, -0.1) is 10.2 Å². The van der Waals surface area contributed by atoms with Crippen LogP contribution in [0.5, 0.6) is 0 Å². The van der Waals surface area contributed by atoms with Gasteiger partial charge in [-0.1, -0.05) is 42.1 Å². The summed E-state index contributed by atoms with van der Waals surface area (Å²) in [6.45, 7) is 3.53. The van der Waals surface area contributed by atoms with E-state index in [0.717, 1.165) is 18.4 Å². The topological polar surface area (TPSA) is 93.3 Å². The number of thioether (sulfide) groups is 1. The van der Waals surface area contributed by atoms with Crippen LogP contribution in [0.1, 0.15) is 25.3 Å². The van der Waals surface area contributed by atoms with Crippen LogP contribution in [0.4, 0.5) is 0 Å². The molecule has 0 atom stereocenters. The Balaban J connectivity index is 1.40. The van der Waals surface area contributed by atoms with Gasteiger partial charge in [-0.3, -0.25) is 14.2 Å². The predicted octanol–water partition coefficient (Wildman–Crippen LogP) is 2.81. The number of hydrogen-bond acceptors (Lipinski definition) is 6. The van der Waals surface area contributed by atoms with Crippen LogP contribution in [-0.2, 0) is 16.1 Å². The second kappa shape index (κ2) is 9.82. The molecule has 2 amide bonds. The summed E-state index contributed by atoms with van der Waals surface area (Å²) >= 11 is 1.36. The van der Waals surface area contributed by atoms with Gasteiger partial charge in [0.1, 0.15) is 0 Å². The number of amides is 2. The Hall–Kier alpha value is -3.07. The van der Waals surface area contributed by atoms with Crippen LogP contribution in [0.25, 0.3) is 11.6 Å². The highest BCUT2D eigenvalue weighted by Crippen LogP contribution is 2.25. The van der Waals surface area contributed by atoms with E-state index >= 15 is 0 Å². The van der Waals surface area contributed by atoms with E-state index in [0.29, 0.717) is 36.4 Å². The number of furan rings is 1. The number of likely N-dealkylation sites (tertiary alicyclic amines) is 1. The molecule has 9 heteroatoms. The lowest BCUT2D eigenvalue weighted by atomic mass is 10.1. The number of benzene rings is 1. The third kappa shape index (κ3) is 5.35. The summed E-state index contributed by atoms with van der Waals surface area (Å²) in [5.41, 5.74) is 1.11. The molecule has 1 saturated heterocycles. The van der Waals surface area contributed by atoms with Crippen molar-refractivity contribution < 1.29 is 14.0 Å². The fourth-order valence-corrected chi connectivity index (χ4v) is 4.38. The molecule has 1 N–H and O–H groups in total. The first kappa shape index (κ1) is 21.2. The minimum Gasteiger partial charge on any atom is -0.461 e. The molecule has 0 bridgehead atoms. The van der Waals surface area contributed by atoms with E-state index in [9.17, 15) is 9.59 Å². The summed E-state index contributed by atoms with van der Waals surface area (Å²) in [6.07, 6.45) is 3.17. The lowest BCUT2D eigenvalue weighted by Crippen LogP contribution is -2.46. The number of rotatable bonds is 7. The number of carbonyl (C=O) groups is 2. The second-order valence-electron chi connectivity index (χ2n) is 7.49. The minimum absolute atomic E-state index is 0.0416. The highest BCUT2D eigenvalue weighted by molar-refractivity contribution is 7.99. The second-order valence-corrected chi connectivity index (χ2v) is 8.43. The largest absolute Gasteiger partial charge is 0.461 e. The van der Waals surface area contributed by atoms with Crippen molar-refractivity contribution in [3.8, 4) is 11.6 Å². The van der Waals surface area contributed by atoms with Crippen LogP contribution in [0.3, 0.4) is 0 Å². The minimum atomic E-state index is -0.0416. The molecule has 3 heterocycles. The molecule has 3 aromatic rings. The third-order valence-electron chi connectivity index (χ3n) is 5.28. The van der Waals surface area contributed by atoms with Crippen LogP contribution in [-0.4, -0.2) is 56.4 Å². The molecule has 1 aromatic carbocycles. The van der Waals surface area contributed by atoms with Crippen LogP contribution in [0.2, 0.25) is 0 Å². The zero-order valence-corrected chi connectivity index (χ0v) is 18.2. The summed E-state index contributed by atoms with van der Waals surface area (Å²) < 4.78 is 7.49. The van der Waals surface area contributed by atoms with E-state index in [-0.39, 0.29) is 23.6 Å². The lowest BCUT2D eigenvalue weighted by Gasteiger charge is -2.31. The fraction of sp³-hybridized carbons (Fsp3) is 0.364. The van der Waals surface area contributed by atoms with Gasteiger partial charge < -0.3 is 14.6 Å². The van der Waals surface area contributed by atoms with Crippen LogP contribution >= 0.6 is 11.8 Å². The van der Waals surface area contributed by atoms with E-state index in [1.54, 1.807) is 13.2 Å². The Bertz CT molecular complexity index is 1010. The molecule has 0 radical (unpaired) electrons. The van der Waals surface area contributed by atoms with Gasteiger partial charge in [-0.2, -0.15) is 0 Å². The molecule has 0 saturated carbocycles. The Labute approximate surface area is 185 Å². The molecule has 0 aliphatic carbocycles. The molecular weight excluding hydrogens is 414 g/mol. The van der Waals surface area contributed by atoms with Gasteiger partial charge in [0, 0.05) is 26.1 Å². The molecule has 1 aliphatic rings. The van der Waals surface area contributed by atoms with Crippen molar-refractivity contribution in [2.75, 3.05) is 18.8 Å². The zero-order valence-electron chi connectivity index (χ0n) is 17.4. The van der Waals surface area contributed by atoms with E-state index in [2.05, 4.69) is 15.5 Å². The summed E-state index contributed by atoms with van der Waals surface area (Å²) in [7, 11) is 0. The Kier molecular flexibility index (Phi) is 6.71. The number of nitrogens with one attached hydrogen (secondary N) is 1. The van der Waals surface area contributed by atoms with E-state index in [4.69, 9.17) is 4.42 Å². The van der Waals surface area contributed by atoms with E-state index in [1.807, 2.05) is 51.9 Å². The molecule has 162 valence electrons. The normalized spacial score (nSPS) is 14.5. The van der Waals surface area contributed by atoms with Crippen molar-refractivity contribution in [2.45, 2.75) is 37.5 Å². The van der Waals surface area contributed by atoms with Gasteiger partial charge in [-0.05, 0) is 30.5 Å². The van der Waals surface area contributed by atoms with Gasteiger partial charge in [0.2, 0.25) is 17.6 Å². The first-order valence-electron chi connectivity index (χ1n) is 10.3. The molecule has 4 rings (SSSR count). The zero-order chi connectivity index (χ0) is 21.6. The first-order valence-corrected chi connectivity index (χ1v) is 11.3. The number of piperidine rings is 1. The standard InChI is InChI=1S/C22H25N5O3S/c1-16(28)26-11-9-18(10-12-26)23-20(29)15-31-22-25-24-21(19-8-5-13-30-19)27(22)14-17-6-3-2-4-7-17/h2-8,13,18H,9-12,14-15H2,1H3,(H,23,29). The van der Waals surface area contributed by atoms with Crippen molar-refractivity contribution in [2.24, 2.45) is 0 Å². The van der Waals surface area contributed by atoms with Gasteiger partial charge in [0.25, 0.3) is 0 Å². The highest BCUT2D eigenvalue weighted by atomic mass is 32.2. The van der Waals surface area contributed by atoms with Crippen molar-refractivity contribution >= 4 is 23.6 Å². The number of hydrogen-bond donors (Lipinski definition) is 1. The predicted molar refractivity (Wildman–Crippen MR) is 117 cm³/mol. The summed E-state index contributed by atoms with van der Waals surface area (Å²) in [5, 5.41) is 12.4. The first-order chi connectivity index (χ1) is 15.1. The average Bonchev–Trinajstić information content (AvgIpc) is 3.43. The van der Waals surface area contributed by atoms with Crippen molar-refractivity contribution in [1.29, 1.82) is 0 Å².